The van der Waals surface area contributed by atoms with Crippen molar-refractivity contribution < 1.29 is 9.47 Å². The second-order valence-electron chi connectivity index (χ2n) is 7.14. The van der Waals surface area contributed by atoms with Crippen LogP contribution in [0.15, 0.2) is 48.9 Å². The van der Waals surface area contributed by atoms with E-state index in [9.17, 15) is 0 Å². The number of rotatable bonds is 5. The van der Waals surface area contributed by atoms with Gasteiger partial charge in [-0.25, -0.2) is 4.98 Å². The lowest BCUT2D eigenvalue weighted by atomic mass is 9.73. The number of aromatic nitrogens is 2. The van der Waals surface area contributed by atoms with Gasteiger partial charge in [-0.2, -0.15) is 0 Å². The predicted molar refractivity (Wildman–Crippen MR) is 95.3 cm³/mol. The maximum atomic E-state index is 6.14. The highest BCUT2D eigenvalue weighted by molar-refractivity contribution is 5.12. The van der Waals surface area contributed by atoms with Crippen molar-refractivity contribution in [1.82, 2.24) is 14.9 Å². The average Bonchev–Trinajstić information content (AvgIpc) is 2.68. The van der Waals surface area contributed by atoms with Gasteiger partial charge in [-0.05, 0) is 43.0 Å². The van der Waals surface area contributed by atoms with Crippen molar-refractivity contribution in [1.29, 1.82) is 0 Å². The van der Waals surface area contributed by atoms with E-state index in [-0.39, 0.29) is 5.41 Å². The summed E-state index contributed by atoms with van der Waals surface area (Å²) in [6.07, 6.45) is 9.12. The van der Waals surface area contributed by atoms with E-state index in [0.29, 0.717) is 18.6 Å². The molecule has 0 amide bonds. The minimum absolute atomic E-state index is 0.0566. The van der Waals surface area contributed by atoms with Gasteiger partial charge in [0.25, 0.3) is 0 Å². The van der Waals surface area contributed by atoms with E-state index in [1.165, 1.54) is 5.56 Å². The lowest BCUT2D eigenvalue weighted by Gasteiger charge is -2.50. The van der Waals surface area contributed by atoms with Crippen molar-refractivity contribution in [2.24, 2.45) is 5.41 Å². The summed E-state index contributed by atoms with van der Waals surface area (Å²) in [4.78, 5) is 10.9. The first-order valence-corrected chi connectivity index (χ1v) is 9.11. The topological polar surface area (TPSA) is 47.5 Å². The Hall–Kier alpha value is -1.98. The van der Waals surface area contributed by atoms with E-state index < -0.39 is 0 Å². The molecule has 25 heavy (non-hydrogen) atoms. The van der Waals surface area contributed by atoms with Gasteiger partial charge in [-0.15, -0.1) is 0 Å². The van der Waals surface area contributed by atoms with Crippen LogP contribution in [0.5, 0.6) is 5.88 Å². The highest BCUT2D eigenvalue weighted by atomic mass is 16.5. The van der Waals surface area contributed by atoms with Crippen LogP contribution in [0.25, 0.3) is 0 Å². The molecular weight excluding hydrogens is 314 g/mol. The van der Waals surface area contributed by atoms with Gasteiger partial charge in [0.1, 0.15) is 0 Å². The summed E-state index contributed by atoms with van der Waals surface area (Å²) in [5.41, 5.74) is 1.37. The first-order chi connectivity index (χ1) is 12.3. The zero-order chi connectivity index (χ0) is 17.0. The van der Waals surface area contributed by atoms with Crippen LogP contribution < -0.4 is 4.74 Å². The molecule has 0 aromatic carbocycles. The van der Waals surface area contributed by atoms with Crippen LogP contribution in [0, 0.1) is 5.41 Å². The monoisotopic (exact) mass is 339 g/mol. The molecule has 0 radical (unpaired) electrons. The molecule has 2 aromatic rings. The zero-order valence-corrected chi connectivity index (χ0v) is 14.5. The minimum atomic E-state index is 0.0566. The molecule has 5 nitrogen and oxygen atoms in total. The number of fused-ring (bicyclic) bond motifs is 1. The van der Waals surface area contributed by atoms with E-state index in [0.717, 1.165) is 45.5 Å². The average molecular weight is 339 g/mol. The fourth-order valence-corrected chi connectivity index (χ4v) is 4.12. The van der Waals surface area contributed by atoms with Crippen LogP contribution in [0.4, 0.5) is 0 Å². The Morgan fingerprint density at radius 2 is 2.12 bits per heavy atom. The molecule has 2 aromatic heterocycles. The van der Waals surface area contributed by atoms with E-state index in [4.69, 9.17) is 9.47 Å². The first-order valence-electron chi connectivity index (χ1n) is 9.11. The molecule has 2 aliphatic rings. The van der Waals surface area contributed by atoms with Crippen molar-refractivity contribution in [2.75, 3.05) is 26.3 Å². The second-order valence-corrected chi connectivity index (χ2v) is 7.14. The summed E-state index contributed by atoms with van der Waals surface area (Å²) in [6.45, 7) is 4.58. The predicted octanol–water partition coefficient (Wildman–Crippen LogP) is 2.93. The Morgan fingerprint density at radius 1 is 1.20 bits per heavy atom. The van der Waals surface area contributed by atoms with Gasteiger partial charge in [0.15, 0.2) is 0 Å². The van der Waals surface area contributed by atoms with Gasteiger partial charge >= 0.3 is 0 Å². The van der Waals surface area contributed by atoms with Crippen LogP contribution in [0.1, 0.15) is 24.8 Å². The smallest absolute Gasteiger partial charge is 0.213 e. The lowest BCUT2D eigenvalue weighted by molar-refractivity contribution is -0.141. The van der Waals surface area contributed by atoms with Gasteiger partial charge < -0.3 is 9.47 Å². The molecule has 4 rings (SSSR count). The van der Waals surface area contributed by atoms with Crippen molar-refractivity contribution in [3.8, 4) is 5.88 Å². The van der Waals surface area contributed by atoms with Crippen LogP contribution in [-0.2, 0) is 11.3 Å². The first kappa shape index (κ1) is 16.5. The Kier molecular flexibility index (Phi) is 4.95. The molecule has 2 aliphatic heterocycles. The zero-order valence-electron chi connectivity index (χ0n) is 14.5. The summed E-state index contributed by atoms with van der Waals surface area (Å²) in [5, 5.41) is 0. The summed E-state index contributed by atoms with van der Waals surface area (Å²) in [5.74, 6) is 0.701. The molecule has 132 valence electrons. The summed E-state index contributed by atoms with van der Waals surface area (Å²) in [7, 11) is 0. The molecule has 2 atom stereocenters. The number of pyridine rings is 2. The fraction of sp³-hybridized carbons (Fsp3) is 0.500. The molecule has 2 saturated heterocycles. The highest BCUT2D eigenvalue weighted by Gasteiger charge is 2.46. The highest BCUT2D eigenvalue weighted by Crippen LogP contribution is 2.40. The largest absolute Gasteiger partial charge is 0.477 e. The van der Waals surface area contributed by atoms with Gasteiger partial charge in [0, 0.05) is 56.3 Å². The number of piperidine rings is 1. The Bertz CT molecular complexity index is 667. The number of hydrogen-bond donors (Lipinski definition) is 0. The quantitative estimate of drug-likeness (QED) is 0.838. The Morgan fingerprint density at radius 3 is 2.96 bits per heavy atom. The van der Waals surface area contributed by atoms with Gasteiger partial charge in [-0.1, -0.05) is 6.07 Å². The molecule has 0 aliphatic carbocycles. The molecule has 0 bridgehead atoms. The summed E-state index contributed by atoms with van der Waals surface area (Å²) >= 11 is 0. The second kappa shape index (κ2) is 7.50. The number of hydrogen-bond acceptors (Lipinski definition) is 5. The standard InChI is InChI=1S/C20H25N3O2/c1-2-9-22-19(4-1)25-16-20-8-3-13-24-18(20)7-12-23(15-20)14-17-5-10-21-11-6-17/h1-2,4-6,9-11,18H,3,7-8,12-16H2/t18-,20+/m1/s1. The van der Waals surface area contributed by atoms with E-state index in [1.807, 2.05) is 30.6 Å². The van der Waals surface area contributed by atoms with E-state index in [2.05, 4.69) is 27.0 Å². The Labute approximate surface area is 149 Å². The van der Waals surface area contributed by atoms with Crippen molar-refractivity contribution in [2.45, 2.75) is 31.9 Å². The minimum Gasteiger partial charge on any atom is -0.477 e. The van der Waals surface area contributed by atoms with Gasteiger partial charge in [0.05, 0.1) is 12.7 Å². The third-order valence-electron chi connectivity index (χ3n) is 5.37. The lowest BCUT2D eigenvalue weighted by Crippen LogP contribution is -2.57. The van der Waals surface area contributed by atoms with Crippen LogP contribution >= 0.6 is 0 Å². The van der Waals surface area contributed by atoms with Gasteiger partial charge in [-0.3, -0.25) is 9.88 Å². The molecule has 5 heteroatoms. The van der Waals surface area contributed by atoms with E-state index >= 15 is 0 Å². The molecular formula is C20H25N3O2. The Balaban J connectivity index is 1.47. The number of nitrogens with zero attached hydrogens (tertiary/aromatic N) is 3. The third kappa shape index (κ3) is 3.83. The van der Waals surface area contributed by atoms with E-state index in [1.54, 1.807) is 6.20 Å². The number of likely N-dealkylation sites (tertiary alicyclic amines) is 1. The molecule has 0 unspecified atom stereocenters. The normalized spacial score (nSPS) is 26.8. The van der Waals surface area contributed by atoms with Crippen molar-refractivity contribution >= 4 is 0 Å². The van der Waals surface area contributed by atoms with Crippen molar-refractivity contribution in [3.63, 3.8) is 0 Å². The fourth-order valence-electron chi connectivity index (χ4n) is 4.12. The molecule has 4 heterocycles. The molecule has 0 spiro atoms. The summed E-state index contributed by atoms with van der Waals surface area (Å²) in [6, 6.07) is 9.99. The maximum Gasteiger partial charge on any atom is 0.213 e. The van der Waals surface area contributed by atoms with Gasteiger partial charge in [0.2, 0.25) is 5.88 Å². The number of ether oxygens (including phenoxy) is 2. The van der Waals surface area contributed by atoms with Crippen LogP contribution in [0.2, 0.25) is 0 Å². The molecule has 0 N–H and O–H groups in total. The third-order valence-corrected chi connectivity index (χ3v) is 5.37. The SMILES string of the molecule is c1ccc(OC[C@@]23CCCO[C@@H]2CCN(Cc2ccncc2)C3)nc1. The molecule has 0 saturated carbocycles. The van der Waals surface area contributed by atoms with Crippen molar-refractivity contribution in [3.05, 3.63) is 54.5 Å². The molecule has 2 fully saturated rings. The summed E-state index contributed by atoms with van der Waals surface area (Å²) < 4.78 is 12.2. The van der Waals surface area contributed by atoms with Crippen LogP contribution in [-0.4, -0.2) is 47.3 Å². The maximum absolute atomic E-state index is 6.14. The van der Waals surface area contributed by atoms with Crippen LogP contribution in [0.3, 0.4) is 0 Å².